The molecule has 1 aromatic rings. The molecule has 0 saturated heterocycles. The summed E-state index contributed by atoms with van der Waals surface area (Å²) in [4.78, 5) is 12.7. The molecule has 2 rings (SSSR count). The Hall–Kier alpha value is -0.850. The number of nitrogens with zero attached hydrogens (tertiary/aromatic N) is 2. The fourth-order valence-corrected chi connectivity index (χ4v) is 3.44. The lowest BCUT2D eigenvalue weighted by Crippen LogP contribution is -2.26. The van der Waals surface area contributed by atoms with Crippen molar-refractivity contribution in [2.75, 3.05) is 18.5 Å². The third kappa shape index (κ3) is 3.81. The van der Waals surface area contributed by atoms with Crippen LogP contribution in [0.25, 0.3) is 0 Å². The third-order valence-electron chi connectivity index (χ3n) is 3.83. The molecule has 104 valence electrons. The molecule has 1 fully saturated rings. The van der Waals surface area contributed by atoms with Crippen LogP contribution in [-0.2, 0) is 0 Å². The molecule has 0 aliphatic heterocycles. The van der Waals surface area contributed by atoms with E-state index in [4.69, 9.17) is 0 Å². The topological polar surface area (TPSA) is 46.4 Å². The highest BCUT2D eigenvalue weighted by atomic mass is 127. The van der Waals surface area contributed by atoms with Crippen LogP contribution in [0.5, 0.6) is 0 Å². The lowest BCUT2D eigenvalue weighted by molar-refractivity contribution is -0.385. The van der Waals surface area contributed by atoms with E-state index >= 15 is 0 Å². The van der Waals surface area contributed by atoms with Gasteiger partial charge in [0.1, 0.15) is 0 Å². The maximum atomic E-state index is 10.8. The maximum Gasteiger partial charge on any atom is 0.282 e. The largest absolute Gasteiger partial charge is 0.374 e. The second kappa shape index (κ2) is 6.54. The van der Waals surface area contributed by atoms with E-state index in [0.29, 0.717) is 3.57 Å². The zero-order valence-corrected chi connectivity index (χ0v) is 13.3. The van der Waals surface area contributed by atoms with Crippen molar-refractivity contribution in [1.29, 1.82) is 0 Å². The Morgan fingerprint density at radius 2 is 2.05 bits per heavy atom. The SMILES string of the molecule is CN(CC1CCCCC1)c1ccc([N+](=O)[O-])c(I)c1. The number of nitro groups is 1. The predicted molar refractivity (Wildman–Crippen MR) is 85.7 cm³/mol. The van der Waals surface area contributed by atoms with Crippen molar-refractivity contribution in [2.24, 2.45) is 5.92 Å². The van der Waals surface area contributed by atoms with Crippen LogP contribution in [0.4, 0.5) is 11.4 Å². The molecule has 19 heavy (non-hydrogen) atoms. The number of hydrogen-bond donors (Lipinski definition) is 0. The number of halogens is 1. The number of nitro benzene ring substituents is 1. The zero-order valence-electron chi connectivity index (χ0n) is 11.1. The summed E-state index contributed by atoms with van der Waals surface area (Å²) in [5, 5.41) is 10.8. The molecule has 0 N–H and O–H groups in total. The van der Waals surface area contributed by atoms with E-state index < -0.39 is 0 Å². The highest BCUT2D eigenvalue weighted by Gasteiger charge is 2.17. The van der Waals surface area contributed by atoms with Gasteiger partial charge in [-0.05, 0) is 53.5 Å². The van der Waals surface area contributed by atoms with E-state index in [9.17, 15) is 10.1 Å². The quantitative estimate of drug-likeness (QED) is 0.451. The fraction of sp³-hybridized carbons (Fsp3) is 0.571. The summed E-state index contributed by atoms with van der Waals surface area (Å²) in [7, 11) is 2.08. The Kier molecular flexibility index (Phi) is 5.01. The Labute approximate surface area is 127 Å². The zero-order chi connectivity index (χ0) is 13.8. The highest BCUT2D eigenvalue weighted by Crippen LogP contribution is 2.29. The number of hydrogen-bond acceptors (Lipinski definition) is 3. The summed E-state index contributed by atoms with van der Waals surface area (Å²) >= 11 is 2.04. The molecule has 0 radical (unpaired) electrons. The van der Waals surface area contributed by atoms with Gasteiger partial charge in [-0.1, -0.05) is 19.3 Å². The summed E-state index contributed by atoms with van der Waals surface area (Å²) in [5.41, 5.74) is 1.26. The van der Waals surface area contributed by atoms with Crippen LogP contribution in [0.15, 0.2) is 18.2 Å². The molecule has 4 nitrogen and oxygen atoms in total. The van der Waals surface area contributed by atoms with Gasteiger partial charge in [0.05, 0.1) is 8.49 Å². The first-order valence-corrected chi connectivity index (χ1v) is 7.81. The highest BCUT2D eigenvalue weighted by molar-refractivity contribution is 14.1. The van der Waals surface area contributed by atoms with Crippen molar-refractivity contribution >= 4 is 34.0 Å². The summed E-state index contributed by atoms with van der Waals surface area (Å²) < 4.78 is 0.704. The molecule has 0 spiro atoms. The molecule has 5 heteroatoms. The van der Waals surface area contributed by atoms with Gasteiger partial charge in [-0.3, -0.25) is 10.1 Å². The first kappa shape index (κ1) is 14.6. The van der Waals surface area contributed by atoms with Gasteiger partial charge < -0.3 is 4.90 Å². The molecule has 0 atom stereocenters. The number of benzene rings is 1. The van der Waals surface area contributed by atoms with Crippen LogP contribution >= 0.6 is 22.6 Å². The molecule has 1 aromatic carbocycles. The molecular formula is C14H19IN2O2. The van der Waals surface area contributed by atoms with Gasteiger partial charge in [0.15, 0.2) is 0 Å². The summed E-state index contributed by atoms with van der Waals surface area (Å²) in [6.07, 6.45) is 6.69. The minimum Gasteiger partial charge on any atom is -0.374 e. The van der Waals surface area contributed by atoms with E-state index in [0.717, 1.165) is 18.2 Å². The van der Waals surface area contributed by atoms with Gasteiger partial charge in [0.2, 0.25) is 0 Å². The van der Waals surface area contributed by atoms with Crippen LogP contribution < -0.4 is 4.90 Å². The molecular weight excluding hydrogens is 355 g/mol. The molecule has 1 aliphatic rings. The van der Waals surface area contributed by atoms with Crippen LogP contribution in [-0.4, -0.2) is 18.5 Å². The van der Waals surface area contributed by atoms with Gasteiger partial charge in [-0.15, -0.1) is 0 Å². The monoisotopic (exact) mass is 374 g/mol. The van der Waals surface area contributed by atoms with E-state index in [1.165, 1.54) is 32.1 Å². The van der Waals surface area contributed by atoms with Crippen molar-refractivity contribution in [2.45, 2.75) is 32.1 Å². The summed E-state index contributed by atoms with van der Waals surface area (Å²) in [5.74, 6) is 0.770. The van der Waals surface area contributed by atoms with E-state index in [1.54, 1.807) is 6.07 Å². The second-order valence-electron chi connectivity index (χ2n) is 5.28. The van der Waals surface area contributed by atoms with Crippen molar-refractivity contribution in [3.05, 3.63) is 31.9 Å². The first-order valence-electron chi connectivity index (χ1n) is 6.73. The fourth-order valence-electron chi connectivity index (χ4n) is 2.74. The predicted octanol–water partition coefficient (Wildman–Crippen LogP) is 4.22. The molecule has 1 aliphatic carbocycles. The average Bonchev–Trinajstić information content (AvgIpc) is 2.39. The first-order chi connectivity index (χ1) is 9.08. The minimum atomic E-state index is -0.327. The Balaban J connectivity index is 2.04. The van der Waals surface area contributed by atoms with Gasteiger partial charge in [-0.2, -0.15) is 0 Å². The number of rotatable bonds is 4. The second-order valence-corrected chi connectivity index (χ2v) is 6.44. The van der Waals surface area contributed by atoms with Crippen molar-refractivity contribution in [3.8, 4) is 0 Å². The minimum absolute atomic E-state index is 0.190. The van der Waals surface area contributed by atoms with Crippen LogP contribution in [0.1, 0.15) is 32.1 Å². The molecule has 0 amide bonds. The molecule has 0 unspecified atom stereocenters. The van der Waals surface area contributed by atoms with Gasteiger partial charge in [-0.25, -0.2) is 0 Å². The standard InChI is InChI=1S/C14H19IN2O2/c1-16(10-11-5-3-2-4-6-11)12-7-8-14(17(18)19)13(15)9-12/h7-9,11H,2-6,10H2,1H3. The molecule has 1 saturated carbocycles. The summed E-state index contributed by atoms with van der Waals surface area (Å²) in [6.45, 7) is 1.05. The van der Waals surface area contributed by atoms with Crippen LogP contribution in [0.2, 0.25) is 0 Å². The van der Waals surface area contributed by atoms with Gasteiger partial charge in [0, 0.05) is 25.3 Å². The van der Waals surface area contributed by atoms with Crippen molar-refractivity contribution in [1.82, 2.24) is 0 Å². The number of anilines is 1. The Morgan fingerprint density at radius 3 is 2.63 bits per heavy atom. The van der Waals surface area contributed by atoms with Gasteiger partial charge >= 0.3 is 0 Å². The molecule has 0 heterocycles. The Morgan fingerprint density at radius 1 is 1.37 bits per heavy atom. The van der Waals surface area contributed by atoms with Gasteiger partial charge in [0.25, 0.3) is 5.69 Å². The Bertz CT molecular complexity index is 459. The normalized spacial score (nSPS) is 16.3. The van der Waals surface area contributed by atoms with Crippen molar-refractivity contribution in [3.63, 3.8) is 0 Å². The molecule has 0 aromatic heterocycles. The smallest absolute Gasteiger partial charge is 0.282 e. The lowest BCUT2D eigenvalue weighted by Gasteiger charge is -2.28. The van der Waals surface area contributed by atoms with Crippen LogP contribution in [0, 0.1) is 19.6 Å². The molecule has 0 bridgehead atoms. The average molecular weight is 374 g/mol. The third-order valence-corrected chi connectivity index (χ3v) is 4.69. The van der Waals surface area contributed by atoms with E-state index in [-0.39, 0.29) is 10.6 Å². The van der Waals surface area contributed by atoms with Crippen LogP contribution in [0.3, 0.4) is 0 Å². The van der Waals surface area contributed by atoms with Crippen molar-refractivity contribution < 1.29 is 4.92 Å². The lowest BCUT2D eigenvalue weighted by atomic mass is 9.89. The van der Waals surface area contributed by atoms with E-state index in [1.807, 2.05) is 34.7 Å². The van der Waals surface area contributed by atoms with E-state index in [2.05, 4.69) is 11.9 Å². The summed E-state index contributed by atoms with van der Waals surface area (Å²) in [6, 6.07) is 5.36. The maximum absolute atomic E-state index is 10.8.